The number of ether oxygens (including phenoxy) is 2. The summed E-state index contributed by atoms with van der Waals surface area (Å²) in [6.07, 6.45) is 1.16. The standard InChI is InChI=1S/C24H27NO3/c1-3-15-27-22-13-11-19(12-14-22)16-25(2)17-21(26)18-28-24-10-6-8-20-7-4-5-9-23(20)24/h3-14,21,26H,1,15-18H2,2H3/t21-/m1/s1. The van der Waals surface area contributed by atoms with Gasteiger partial charge in [0.25, 0.3) is 0 Å². The fourth-order valence-electron chi connectivity index (χ4n) is 3.14. The molecule has 3 aromatic carbocycles. The Morgan fingerprint density at radius 1 is 1.00 bits per heavy atom. The van der Waals surface area contributed by atoms with Crippen molar-refractivity contribution in [2.24, 2.45) is 0 Å². The monoisotopic (exact) mass is 377 g/mol. The van der Waals surface area contributed by atoms with Crippen LogP contribution in [-0.2, 0) is 6.54 Å². The van der Waals surface area contributed by atoms with Crippen LogP contribution in [0.3, 0.4) is 0 Å². The van der Waals surface area contributed by atoms with Gasteiger partial charge in [-0.1, -0.05) is 61.2 Å². The van der Waals surface area contributed by atoms with E-state index in [0.717, 1.165) is 34.4 Å². The number of nitrogens with zero attached hydrogens (tertiary/aromatic N) is 1. The molecule has 0 aliphatic rings. The van der Waals surface area contributed by atoms with Crippen molar-refractivity contribution in [1.82, 2.24) is 4.90 Å². The zero-order valence-corrected chi connectivity index (χ0v) is 16.3. The Kier molecular flexibility index (Phi) is 7.06. The molecule has 0 aliphatic carbocycles. The molecule has 0 aromatic heterocycles. The topological polar surface area (TPSA) is 41.9 Å². The van der Waals surface area contributed by atoms with Gasteiger partial charge in [0.05, 0.1) is 0 Å². The lowest BCUT2D eigenvalue weighted by Crippen LogP contribution is -2.32. The summed E-state index contributed by atoms with van der Waals surface area (Å²) < 4.78 is 11.4. The summed E-state index contributed by atoms with van der Waals surface area (Å²) in [5.41, 5.74) is 1.16. The molecule has 0 spiro atoms. The van der Waals surface area contributed by atoms with Gasteiger partial charge in [-0.05, 0) is 36.2 Å². The second-order valence-electron chi connectivity index (χ2n) is 6.88. The molecule has 1 N–H and O–H groups in total. The smallest absolute Gasteiger partial charge is 0.127 e. The summed E-state index contributed by atoms with van der Waals surface area (Å²) in [6, 6.07) is 22.0. The largest absolute Gasteiger partial charge is 0.490 e. The molecule has 0 bridgehead atoms. The van der Waals surface area contributed by atoms with E-state index in [1.54, 1.807) is 6.08 Å². The lowest BCUT2D eigenvalue weighted by molar-refractivity contribution is 0.0750. The molecule has 0 unspecified atom stereocenters. The molecule has 0 heterocycles. The maximum absolute atomic E-state index is 10.4. The molecule has 28 heavy (non-hydrogen) atoms. The van der Waals surface area contributed by atoms with Crippen molar-refractivity contribution in [2.75, 3.05) is 26.8 Å². The molecular weight excluding hydrogens is 350 g/mol. The molecule has 0 fully saturated rings. The van der Waals surface area contributed by atoms with Gasteiger partial charge in [0.1, 0.15) is 30.8 Å². The molecule has 0 aliphatic heterocycles. The highest BCUT2D eigenvalue weighted by atomic mass is 16.5. The Labute approximate surface area is 166 Å². The number of aliphatic hydroxyl groups is 1. The predicted octanol–water partition coefficient (Wildman–Crippen LogP) is 4.28. The van der Waals surface area contributed by atoms with Crippen molar-refractivity contribution in [2.45, 2.75) is 12.6 Å². The van der Waals surface area contributed by atoms with Crippen LogP contribution in [0.1, 0.15) is 5.56 Å². The van der Waals surface area contributed by atoms with Crippen LogP contribution in [0.2, 0.25) is 0 Å². The van der Waals surface area contributed by atoms with Crippen molar-refractivity contribution < 1.29 is 14.6 Å². The first-order valence-corrected chi connectivity index (χ1v) is 9.45. The van der Waals surface area contributed by atoms with Gasteiger partial charge in [-0.3, -0.25) is 4.90 Å². The zero-order valence-electron chi connectivity index (χ0n) is 16.3. The Balaban J connectivity index is 1.48. The van der Waals surface area contributed by atoms with Crippen LogP contribution in [0.5, 0.6) is 11.5 Å². The van der Waals surface area contributed by atoms with Crippen LogP contribution in [0.25, 0.3) is 10.8 Å². The summed E-state index contributed by atoms with van der Waals surface area (Å²) in [5, 5.41) is 12.6. The van der Waals surface area contributed by atoms with Crippen LogP contribution in [0.15, 0.2) is 79.4 Å². The minimum absolute atomic E-state index is 0.257. The van der Waals surface area contributed by atoms with Gasteiger partial charge < -0.3 is 14.6 Å². The average molecular weight is 377 g/mol. The van der Waals surface area contributed by atoms with Gasteiger partial charge in [-0.25, -0.2) is 0 Å². The van der Waals surface area contributed by atoms with Crippen molar-refractivity contribution in [1.29, 1.82) is 0 Å². The number of hydrogen-bond acceptors (Lipinski definition) is 4. The van der Waals surface area contributed by atoms with Crippen molar-refractivity contribution in [3.8, 4) is 11.5 Å². The molecule has 3 aromatic rings. The minimum atomic E-state index is -0.570. The molecule has 0 saturated heterocycles. The van der Waals surface area contributed by atoms with Gasteiger partial charge in [-0.2, -0.15) is 0 Å². The summed E-state index contributed by atoms with van der Waals surface area (Å²) in [5.74, 6) is 1.63. The van der Waals surface area contributed by atoms with Crippen molar-refractivity contribution in [3.63, 3.8) is 0 Å². The number of rotatable bonds is 10. The van der Waals surface area contributed by atoms with Crippen LogP contribution in [0.4, 0.5) is 0 Å². The number of fused-ring (bicyclic) bond motifs is 1. The molecule has 0 amide bonds. The third-order valence-electron chi connectivity index (χ3n) is 4.45. The Hall–Kier alpha value is -2.82. The van der Waals surface area contributed by atoms with Crippen LogP contribution in [-0.4, -0.2) is 42.9 Å². The number of hydrogen-bond donors (Lipinski definition) is 1. The summed E-state index contributed by atoms with van der Waals surface area (Å²) in [4.78, 5) is 2.08. The van der Waals surface area contributed by atoms with E-state index in [0.29, 0.717) is 13.2 Å². The van der Waals surface area contributed by atoms with Crippen LogP contribution < -0.4 is 9.47 Å². The van der Waals surface area contributed by atoms with E-state index in [2.05, 4.69) is 23.6 Å². The van der Waals surface area contributed by atoms with Gasteiger partial charge in [0.15, 0.2) is 0 Å². The molecule has 1 atom stereocenters. The average Bonchev–Trinajstić information content (AvgIpc) is 2.71. The first-order valence-electron chi connectivity index (χ1n) is 9.45. The third kappa shape index (κ3) is 5.59. The highest BCUT2D eigenvalue weighted by molar-refractivity contribution is 5.88. The van der Waals surface area contributed by atoms with Gasteiger partial charge in [-0.15, -0.1) is 0 Å². The molecule has 146 valence electrons. The number of benzene rings is 3. The predicted molar refractivity (Wildman–Crippen MR) is 114 cm³/mol. The SMILES string of the molecule is C=CCOc1ccc(CN(C)C[C@@H](O)COc2cccc3ccccc23)cc1. The normalized spacial score (nSPS) is 12.1. The molecule has 4 heteroatoms. The van der Waals surface area contributed by atoms with E-state index in [-0.39, 0.29) is 6.61 Å². The van der Waals surface area contributed by atoms with E-state index in [1.165, 1.54) is 0 Å². The van der Waals surface area contributed by atoms with Crippen molar-refractivity contribution >= 4 is 10.8 Å². The van der Waals surface area contributed by atoms with Gasteiger partial charge in [0.2, 0.25) is 0 Å². The highest BCUT2D eigenvalue weighted by Gasteiger charge is 2.11. The van der Waals surface area contributed by atoms with E-state index < -0.39 is 6.10 Å². The maximum Gasteiger partial charge on any atom is 0.127 e. The van der Waals surface area contributed by atoms with Crippen LogP contribution in [0, 0.1) is 0 Å². The first-order chi connectivity index (χ1) is 13.7. The van der Waals surface area contributed by atoms with Crippen molar-refractivity contribution in [3.05, 3.63) is 84.9 Å². The quantitative estimate of drug-likeness (QED) is 0.536. The molecule has 0 radical (unpaired) electrons. The second-order valence-corrected chi connectivity index (χ2v) is 6.88. The lowest BCUT2D eigenvalue weighted by Gasteiger charge is -2.21. The summed E-state index contributed by atoms with van der Waals surface area (Å²) >= 11 is 0. The Morgan fingerprint density at radius 3 is 2.54 bits per heavy atom. The molecular formula is C24H27NO3. The lowest BCUT2D eigenvalue weighted by atomic mass is 10.1. The fraction of sp³-hybridized carbons (Fsp3) is 0.250. The second kappa shape index (κ2) is 9.93. The van der Waals surface area contributed by atoms with E-state index >= 15 is 0 Å². The Morgan fingerprint density at radius 2 is 1.75 bits per heavy atom. The maximum atomic E-state index is 10.4. The molecule has 4 nitrogen and oxygen atoms in total. The van der Waals surface area contributed by atoms with E-state index in [4.69, 9.17) is 9.47 Å². The number of likely N-dealkylation sites (N-methyl/N-ethyl adjacent to an activating group) is 1. The summed E-state index contributed by atoms with van der Waals surface area (Å²) in [6.45, 7) is 5.67. The van der Waals surface area contributed by atoms with Gasteiger partial charge in [0, 0.05) is 18.5 Å². The molecule has 3 rings (SSSR count). The van der Waals surface area contributed by atoms with E-state index in [1.807, 2.05) is 61.6 Å². The Bertz CT molecular complexity index is 887. The zero-order chi connectivity index (χ0) is 19.8. The minimum Gasteiger partial charge on any atom is -0.490 e. The van der Waals surface area contributed by atoms with Gasteiger partial charge >= 0.3 is 0 Å². The first kappa shape index (κ1) is 19.9. The fourth-order valence-corrected chi connectivity index (χ4v) is 3.14. The summed E-state index contributed by atoms with van der Waals surface area (Å²) in [7, 11) is 1.99. The highest BCUT2D eigenvalue weighted by Crippen LogP contribution is 2.25. The third-order valence-corrected chi connectivity index (χ3v) is 4.45. The number of aliphatic hydroxyl groups excluding tert-OH is 1. The van der Waals surface area contributed by atoms with E-state index in [9.17, 15) is 5.11 Å². The molecule has 0 saturated carbocycles. The van der Waals surface area contributed by atoms with Crippen LogP contribution >= 0.6 is 0 Å².